The molecule has 2 atom stereocenters. The number of nitrogens with one attached hydrogen (secondary N) is 1. The van der Waals surface area contributed by atoms with Gasteiger partial charge in [-0.3, -0.25) is 9.59 Å². The Morgan fingerprint density at radius 1 is 1.14 bits per heavy atom. The van der Waals surface area contributed by atoms with Crippen LogP contribution in [0, 0.1) is 5.92 Å². The molecule has 2 aromatic carbocycles. The maximum Gasteiger partial charge on any atom is 0.225 e. The van der Waals surface area contributed by atoms with Crippen molar-refractivity contribution in [1.82, 2.24) is 10.2 Å². The number of amides is 2. The highest BCUT2D eigenvalue weighted by Crippen LogP contribution is 2.31. The van der Waals surface area contributed by atoms with Crippen LogP contribution in [0.15, 0.2) is 48.5 Å². The maximum absolute atomic E-state index is 12.6. The average Bonchev–Trinajstić information content (AvgIpc) is 3.15. The van der Waals surface area contributed by atoms with Crippen LogP contribution in [0.25, 0.3) is 0 Å². The smallest absolute Gasteiger partial charge is 0.225 e. The number of carbonyl (C=O) groups excluding carboxylic acids is 2. The second kappa shape index (κ2) is 8.55. The minimum Gasteiger partial charge on any atom is -0.486 e. The van der Waals surface area contributed by atoms with Crippen LogP contribution in [0.1, 0.15) is 30.5 Å². The number of fused-ring (bicyclic) bond motifs is 1. The number of ether oxygens (including phenoxy) is 2. The van der Waals surface area contributed by atoms with Gasteiger partial charge in [-0.25, -0.2) is 0 Å². The van der Waals surface area contributed by atoms with E-state index in [2.05, 4.69) is 5.32 Å². The molecular formula is C23H26N2O4. The zero-order valence-electron chi connectivity index (χ0n) is 16.6. The highest BCUT2D eigenvalue weighted by molar-refractivity contribution is 5.89. The van der Waals surface area contributed by atoms with Gasteiger partial charge in [-0.05, 0) is 36.6 Å². The van der Waals surface area contributed by atoms with Crippen molar-refractivity contribution in [3.63, 3.8) is 0 Å². The normalized spacial score (nSPS) is 19.1. The van der Waals surface area contributed by atoms with E-state index < -0.39 is 0 Å². The zero-order valence-corrected chi connectivity index (χ0v) is 16.6. The third-order valence-electron chi connectivity index (χ3n) is 5.60. The molecule has 1 saturated heterocycles. The second-order valence-corrected chi connectivity index (χ2v) is 7.55. The SMILES string of the molecule is CC(c1ccccc1)N1CC(C(=O)NCCc2ccc3c(c2)OCCO3)CC1=O. The highest BCUT2D eigenvalue weighted by atomic mass is 16.6. The van der Waals surface area contributed by atoms with Gasteiger partial charge < -0.3 is 19.7 Å². The van der Waals surface area contributed by atoms with E-state index in [1.165, 1.54) is 0 Å². The Balaban J connectivity index is 1.28. The molecule has 0 bridgehead atoms. The Hall–Kier alpha value is -3.02. The zero-order chi connectivity index (χ0) is 20.2. The second-order valence-electron chi connectivity index (χ2n) is 7.55. The summed E-state index contributed by atoms with van der Waals surface area (Å²) < 4.78 is 11.1. The van der Waals surface area contributed by atoms with E-state index in [1.807, 2.05) is 55.5 Å². The minimum atomic E-state index is -0.297. The van der Waals surface area contributed by atoms with Crippen LogP contribution in [0.4, 0.5) is 0 Å². The van der Waals surface area contributed by atoms with Gasteiger partial charge in [0, 0.05) is 19.5 Å². The molecule has 0 radical (unpaired) electrons. The first kappa shape index (κ1) is 19.3. The van der Waals surface area contributed by atoms with Crippen molar-refractivity contribution in [2.45, 2.75) is 25.8 Å². The monoisotopic (exact) mass is 394 g/mol. The van der Waals surface area contributed by atoms with Gasteiger partial charge in [0.05, 0.1) is 12.0 Å². The number of likely N-dealkylation sites (tertiary alicyclic amines) is 1. The first-order chi connectivity index (χ1) is 14.1. The van der Waals surface area contributed by atoms with Crippen molar-refractivity contribution in [1.29, 1.82) is 0 Å². The maximum atomic E-state index is 12.6. The van der Waals surface area contributed by atoms with E-state index in [1.54, 1.807) is 4.90 Å². The molecule has 2 aromatic rings. The fraction of sp³-hybridized carbons (Fsp3) is 0.391. The Morgan fingerprint density at radius 3 is 2.69 bits per heavy atom. The largest absolute Gasteiger partial charge is 0.486 e. The molecule has 2 amide bonds. The van der Waals surface area contributed by atoms with Crippen LogP contribution in [0.5, 0.6) is 11.5 Å². The fourth-order valence-corrected chi connectivity index (χ4v) is 3.91. The number of hydrogen-bond acceptors (Lipinski definition) is 4. The third kappa shape index (κ3) is 4.36. The first-order valence-corrected chi connectivity index (χ1v) is 10.1. The molecule has 6 nitrogen and oxygen atoms in total. The first-order valence-electron chi connectivity index (χ1n) is 10.1. The minimum absolute atomic E-state index is 0.0285. The summed E-state index contributed by atoms with van der Waals surface area (Å²) in [7, 11) is 0. The average molecular weight is 394 g/mol. The van der Waals surface area contributed by atoms with E-state index >= 15 is 0 Å². The highest BCUT2D eigenvalue weighted by Gasteiger charge is 2.36. The van der Waals surface area contributed by atoms with Crippen molar-refractivity contribution >= 4 is 11.8 Å². The molecule has 0 spiro atoms. The van der Waals surface area contributed by atoms with Gasteiger partial charge in [-0.1, -0.05) is 36.4 Å². The predicted octanol–water partition coefficient (Wildman–Crippen LogP) is 2.73. The van der Waals surface area contributed by atoms with Gasteiger partial charge in [0.2, 0.25) is 11.8 Å². The van der Waals surface area contributed by atoms with Gasteiger partial charge in [0.1, 0.15) is 13.2 Å². The lowest BCUT2D eigenvalue weighted by Crippen LogP contribution is -2.34. The summed E-state index contributed by atoms with van der Waals surface area (Å²) in [5.74, 6) is 1.20. The number of nitrogens with zero attached hydrogens (tertiary/aromatic N) is 1. The molecule has 4 rings (SSSR count). The lowest BCUT2D eigenvalue weighted by atomic mass is 10.1. The van der Waals surface area contributed by atoms with Crippen LogP contribution in [0.2, 0.25) is 0 Å². The molecule has 1 fully saturated rings. The van der Waals surface area contributed by atoms with Crippen molar-refractivity contribution in [2.24, 2.45) is 5.92 Å². The summed E-state index contributed by atoms with van der Waals surface area (Å²) in [6.07, 6.45) is 0.972. The van der Waals surface area contributed by atoms with Crippen molar-refractivity contribution < 1.29 is 19.1 Å². The Bertz CT molecular complexity index is 884. The molecule has 2 aliphatic heterocycles. The lowest BCUT2D eigenvalue weighted by molar-refractivity contribution is -0.130. The summed E-state index contributed by atoms with van der Waals surface area (Å²) >= 11 is 0. The van der Waals surface area contributed by atoms with Crippen molar-refractivity contribution in [2.75, 3.05) is 26.3 Å². The summed E-state index contributed by atoms with van der Waals surface area (Å²) in [5, 5.41) is 2.98. The molecule has 6 heteroatoms. The molecule has 2 aliphatic rings. The van der Waals surface area contributed by atoms with E-state index in [0.29, 0.717) is 32.7 Å². The molecule has 2 unspecified atom stereocenters. The Labute approximate surface area is 170 Å². The van der Waals surface area contributed by atoms with Gasteiger partial charge >= 0.3 is 0 Å². The van der Waals surface area contributed by atoms with Crippen LogP contribution >= 0.6 is 0 Å². The molecule has 0 aliphatic carbocycles. The molecular weight excluding hydrogens is 368 g/mol. The summed E-state index contributed by atoms with van der Waals surface area (Å²) in [5.41, 5.74) is 2.16. The van der Waals surface area contributed by atoms with Crippen LogP contribution in [0.3, 0.4) is 0 Å². The van der Waals surface area contributed by atoms with Gasteiger partial charge in [0.25, 0.3) is 0 Å². The van der Waals surface area contributed by atoms with Crippen LogP contribution in [-0.2, 0) is 16.0 Å². The number of benzene rings is 2. The number of carbonyl (C=O) groups is 2. The van der Waals surface area contributed by atoms with E-state index in [-0.39, 0.29) is 30.2 Å². The Morgan fingerprint density at radius 2 is 1.90 bits per heavy atom. The lowest BCUT2D eigenvalue weighted by Gasteiger charge is -2.25. The van der Waals surface area contributed by atoms with Crippen LogP contribution in [-0.4, -0.2) is 43.0 Å². The van der Waals surface area contributed by atoms with Gasteiger partial charge in [-0.2, -0.15) is 0 Å². The van der Waals surface area contributed by atoms with E-state index in [0.717, 1.165) is 22.6 Å². The van der Waals surface area contributed by atoms with Gasteiger partial charge in [0.15, 0.2) is 11.5 Å². The van der Waals surface area contributed by atoms with E-state index in [9.17, 15) is 9.59 Å². The topological polar surface area (TPSA) is 67.9 Å². The van der Waals surface area contributed by atoms with E-state index in [4.69, 9.17) is 9.47 Å². The molecule has 0 aromatic heterocycles. The number of hydrogen-bond donors (Lipinski definition) is 1. The molecule has 2 heterocycles. The van der Waals surface area contributed by atoms with Crippen LogP contribution < -0.4 is 14.8 Å². The van der Waals surface area contributed by atoms with Gasteiger partial charge in [-0.15, -0.1) is 0 Å². The van der Waals surface area contributed by atoms with Crippen molar-refractivity contribution in [3.05, 3.63) is 59.7 Å². The summed E-state index contributed by atoms with van der Waals surface area (Å²) in [6, 6.07) is 15.7. The number of rotatable bonds is 6. The summed E-state index contributed by atoms with van der Waals surface area (Å²) in [4.78, 5) is 26.8. The molecule has 1 N–H and O–H groups in total. The quantitative estimate of drug-likeness (QED) is 0.818. The standard InChI is InChI=1S/C23H26N2O4/c1-16(18-5-3-2-4-6-18)25-15-19(14-22(25)26)23(27)24-10-9-17-7-8-20-21(13-17)29-12-11-28-20/h2-8,13,16,19H,9-12,14-15H2,1H3,(H,24,27). The summed E-state index contributed by atoms with van der Waals surface area (Å²) in [6.45, 7) is 4.13. The van der Waals surface area contributed by atoms with Crippen molar-refractivity contribution in [3.8, 4) is 11.5 Å². The fourth-order valence-electron chi connectivity index (χ4n) is 3.91. The predicted molar refractivity (Wildman–Crippen MR) is 109 cm³/mol. The molecule has 152 valence electrons. The Kier molecular flexibility index (Phi) is 5.69. The molecule has 29 heavy (non-hydrogen) atoms. The third-order valence-corrected chi connectivity index (χ3v) is 5.60. The molecule has 0 saturated carbocycles.